The molecule has 19 heavy (non-hydrogen) atoms. The molecule has 0 aromatic carbocycles. The zero-order chi connectivity index (χ0) is 13.7. The summed E-state index contributed by atoms with van der Waals surface area (Å²) in [4.78, 5) is 16.4. The van der Waals surface area contributed by atoms with Crippen molar-refractivity contribution in [3.8, 4) is 0 Å². The number of carbonyl (C=O) groups excluding carboxylic acids is 1. The van der Waals surface area contributed by atoms with Crippen LogP contribution < -0.4 is 5.32 Å². The molecule has 2 fully saturated rings. The van der Waals surface area contributed by atoms with E-state index in [2.05, 4.69) is 17.3 Å². The average Bonchev–Trinajstić information content (AvgIpc) is 2.40. The van der Waals surface area contributed by atoms with E-state index in [0.29, 0.717) is 18.4 Å². The molecule has 5 heteroatoms. The van der Waals surface area contributed by atoms with Crippen molar-refractivity contribution < 1.29 is 9.53 Å². The fraction of sp³-hybridized carbons (Fsp3) is 0.929. The van der Waals surface area contributed by atoms with Gasteiger partial charge in [-0.3, -0.25) is 4.79 Å². The lowest BCUT2D eigenvalue weighted by Gasteiger charge is -2.32. The van der Waals surface area contributed by atoms with Gasteiger partial charge in [0, 0.05) is 58.9 Å². The quantitative estimate of drug-likeness (QED) is 0.790. The van der Waals surface area contributed by atoms with Crippen molar-refractivity contribution in [1.82, 2.24) is 15.1 Å². The maximum Gasteiger partial charge on any atom is 0.223 e. The highest BCUT2D eigenvalue weighted by Crippen LogP contribution is 2.16. The molecule has 5 nitrogen and oxygen atoms in total. The van der Waals surface area contributed by atoms with E-state index >= 15 is 0 Å². The molecule has 2 rings (SSSR count). The van der Waals surface area contributed by atoms with Gasteiger partial charge >= 0.3 is 0 Å². The summed E-state index contributed by atoms with van der Waals surface area (Å²) in [5, 5.41) is 3.43. The van der Waals surface area contributed by atoms with Gasteiger partial charge in [0.25, 0.3) is 0 Å². The topological polar surface area (TPSA) is 44.8 Å². The number of rotatable bonds is 4. The Balaban J connectivity index is 1.72. The van der Waals surface area contributed by atoms with Crippen molar-refractivity contribution in [2.75, 3.05) is 53.5 Å². The van der Waals surface area contributed by atoms with Crippen LogP contribution in [0.15, 0.2) is 0 Å². The summed E-state index contributed by atoms with van der Waals surface area (Å²) in [7, 11) is 4.05. The second kappa shape index (κ2) is 7.22. The number of nitrogens with zero attached hydrogens (tertiary/aromatic N) is 2. The SMILES string of the molecule is CN1CCNC(CC(=O)N(C)CC2CCOCC2)C1. The number of nitrogens with one attached hydrogen (secondary N) is 1. The summed E-state index contributed by atoms with van der Waals surface area (Å²) in [6.45, 7) is 5.60. The van der Waals surface area contributed by atoms with Gasteiger partial charge in [0.1, 0.15) is 0 Å². The van der Waals surface area contributed by atoms with Gasteiger partial charge in [0.15, 0.2) is 0 Å². The summed E-state index contributed by atoms with van der Waals surface area (Å²) in [6, 6.07) is 0.309. The number of piperazine rings is 1. The average molecular weight is 269 g/mol. The fourth-order valence-corrected chi connectivity index (χ4v) is 2.91. The van der Waals surface area contributed by atoms with Crippen molar-refractivity contribution in [1.29, 1.82) is 0 Å². The molecule has 1 amide bonds. The van der Waals surface area contributed by atoms with E-state index in [9.17, 15) is 4.79 Å². The van der Waals surface area contributed by atoms with Crippen molar-refractivity contribution in [2.45, 2.75) is 25.3 Å². The maximum absolute atomic E-state index is 12.2. The monoisotopic (exact) mass is 269 g/mol. The molecule has 0 aromatic rings. The highest BCUT2D eigenvalue weighted by Gasteiger charge is 2.23. The summed E-state index contributed by atoms with van der Waals surface area (Å²) in [5.41, 5.74) is 0. The van der Waals surface area contributed by atoms with Crippen molar-refractivity contribution in [2.24, 2.45) is 5.92 Å². The Bertz CT molecular complexity index is 292. The number of likely N-dealkylation sites (N-methyl/N-ethyl adjacent to an activating group) is 1. The summed E-state index contributed by atoms with van der Waals surface area (Å²) in [6.07, 6.45) is 2.79. The minimum atomic E-state index is 0.263. The van der Waals surface area contributed by atoms with Gasteiger partial charge in [0.2, 0.25) is 5.91 Å². The van der Waals surface area contributed by atoms with E-state index in [-0.39, 0.29) is 5.91 Å². The first-order valence-electron chi connectivity index (χ1n) is 7.39. The molecule has 110 valence electrons. The van der Waals surface area contributed by atoms with Gasteiger partial charge in [-0.25, -0.2) is 0 Å². The lowest BCUT2D eigenvalue weighted by atomic mass is 9.99. The molecule has 2 saturated heterocycles. The summed E-state index contributed by atoms with van der Waals surface area (Å²) in [5.74, 6) is 0.879. The van der Waals surface area contributed by atoms with Crippen LogP contribution in [0.2, 0.25) is 0 Å². The largest absolute Gasteiger partial charge is 0.381 e. The molecule has 1 unspecified atom stereocenters. The van der Waals surface area contributed by atoms with Crippen LogP contribution in [-0.2, 0) is 9.53 Å². The Morgan fingerprint density at radius 2 is 2.16 bits per heavy atom. The number of carbonyl (C=O) groups is 1. The Morgan fingerprint density at radius 3 is 2.84 bits per heavy atom. The van der Waals surface area contributed by atoms with E-state index in [1.165, 1.54) is 0 Å². The molecule has 2 aliphatic rings. The smallest absolute Gasteiger partial charge is 0.223 e. The van der Waals surface area contributed by atoms with E-state index in [1.807, 2.05) is 11.9 Å². The first-order chi connectivity index (χ1) is 9.15. The number of hydrogen-bond donors (Lipinski definition) is 1. The van der Waals surface area contributed by atoms with E-state index in [4.69, 9.17) is 4.74 Å². The predicted octanol–water partition coefficient (Wildman–Crippen LogP) is 0.165. The summed E-state index contributed by atoms with van der Waals surface area (Å²) < 4.78 is 5.36. The van der Waals surface area contributed by atoms with Crippen LogP contribution in [0.4, 0.5) is 0 Å². The molecular formula is C14H27N3O2. The fourth-order valence-electron chi connectivity index (χ4n) is 2.91. The number of ether oxygens (including phenoxy) is 1. The van der Waals surface area contributed by atoms with Crippen LogP contribution in [-0.4, -0.2) is 75.2 Å². The van der Waals surface area contributed by atoms with Crippen LogP contribution >= 0.6 is 0 Å². The molecule has 0 spiro atoms. The Morgan fingerprint density at radius 1 is 1.42 bits per heavy atom. The standard InChI is InChI=1S/C14H27N3O2/c1-16-6-5-15-13(11-16)9-14(18)17(2)10-12-3-7-19-8-4-12/h12-13,15H,3-11H2,1-2H3. The molecule has 0 saturated carbocycles. The number of amides is 1. The molecule has 1 atom stereocenters. The van der Waals surface area contributed by atoms with E-state index < -0.39 is 0 Å². The van der Waals surface area contributed by atoms with E-state index in [1.54, 1.807) is 0 Å². The van der Waals surface area contributed by atoms with Gasteiger partial charge in [-0.15, -0.1) is 0 Å². The van der Waals surface area contributed by atoms with Crippen LogP contribution in [0.1, 0.15) is 19.3 Å². The lowest BCUT2D eigenvalue weighted by molar-refractivity contribution is -0.131. The molecule has 0 aromatic heterocycles. The molecule has 0 radical (unpaired) electrons. The molecule has 1 N–H and O–H groups in total. The van der Waals surface area contributed by atoms with Crippen LogP contribution in [0, 0.1) is 5.92 Å². The zero-order valence-corrected chi connectivity index (χ0v) is 12.2. The zero-order valence-electron chi connectivity index (χ0n) is 12.2. The third-order valence-electron chi connectivity index (χ3n) is 4.18. The minimum absolute atomic E-state index is 0.263. The molecule has 0 bridgehead atoms. The highest BCUT2D eigenvalue weighted by molar-refractivity contribution is 5.76. The van der Waals surface area contributed by atoms with Gasteiger partial charge in [-0.2, -0.15) is 0 Å². The lowest BCUT2D eigenvalue weighted by Crippen LogP contribution is -2.51. The van der Waals surface area contributed by atoms with Crippen LogP contribution in [0.5, 0.6) is 0 Å². The Kier molecular flexibility index (Phi) is 5.60. The Hall–Kier alpha value is -0.650. The second-order valence-electron chi connectivity index (χ2n) is 5.95. The van der Waals surface area contributed by atoms with Gasteiger partial charge < -0.3 is 19.9 Å². The molecular weight excluding hydrogens is 242 g/mol. The second-order valence-corrected chi connectivity index (χ2v) is 5.95. The first kappa shape index (κ1) is 14.8. The van der Waals surface area contributed by atoms with Gasteiger partial charge in [0.05, 0.1) is 0 Å². The summed E-state index contributed by atoms with van der Waals surface area (Å²) >= 11 is 0. The minimum Gasteiger partial charge on any atom is -0.381 e. The third-order valence-corrected chi connectivity index (χ3v) is 4.18. The Labute approximate surface area is 116 Å². The van der Waals surface area contributed by atoms with Crippen molar-refractivity contribution in [3.63, 3.8) is 0 Å². The maximum atomic E-state index is 12.2. The third kappa shape index (κ3) is 4.75. The molecule has 0 aliphatic carbocycles. The van der Waals surface area contributed by atoms with Crippen LogP contribution in [0.3, 0.4) is 0 Å². The van der Waals surface area contributed by atoms with E-state index in [0.717, 1.165) is 52.2 Å². The van der Waals surface area contributed by atoms with Crippen molar-refractivity contribution in [3.05, 3.63) is 0 Å². The molecule has 2 heterocycles. The highest BCUT2D eigenvalue weighted by atomic mass is 16.5. The predicted molar refractivity (Wildman–Crippen MR) is 75.1 cm³/mol. The van der Waals surface area contributed by atoms with Gasteiger partial charge in [-0.05, 0) is 25.8 Å². The number of hydrogen-bond acceptors (Lipinski definition) is 4. The van der Waals surface area contributed by atoms with Crippen LogP contribution in [0.25, 0.3) is 0 Å². The van der Waals surface area contributed by atoms with Crippen molar-refractivity contribution >= 4 is 5.91 Å². The van der Waals surface area contributed by atoms with Gasteiger partial charge in [-0.1, -0.05) is 0 Å². The normalized spacial score (nSPS) is 26.3. The molecule has 2 aliphatic heterocycles. The first-order valence-corrected chi connectivity index (χ1v) is 7.39.